The summed E-state index contributed by atoms with van der Waals surface area (Å²) in [7, 11) is 0. The van der Waals surface area contributed by atoms with Crippen molar-refractivity contribution in [3.8, 4) is 0 Å². The van der Waals surface area contributed by atoms with Gasteiger partial charge >= 0.3 is 0 Å². The molecule has 64 valence electrons. The fourth-order valence-corrected chi connectivity index (χ4v) is 1.76. The molecule has 0 heterocycles. The molecule has 3 nitrogen and oxygen atoms in total. The molecule has 1 rings (SSSR count). The number of rotatable bonds is 1. The van der Waals surface area contributed by atoms with Crippen LogP contribution in [0.2, 0.25) is 0 Å². The molecule has 2 N–H and O–H groups in total. The Morgan fingerprint density at radius 2 is 2.27 bits per heavy atom. The van der Waals surface area contributed by atoms with Gasteiger partial charge in [-0.05, 0) is 18.8 Å². The standard InChI is InChI=1S/C8H15NO2/c1-6-3-2-4-7(5-6)8(10)9-11/h6-7,11H,2-5H2,1H3,(H,9,10). The Balaban J connectivity index is 2.39. The average Bonchev–Trinajstić information content (AvgIpc) is 2.03. The molecule has 0 aliphatic heterocycles. The number of nitrogens with one attached hydrogen (secondary N) is 1. The van der Waals surface area contributed by atoms with Crippen molar-refractivity contribution >= 4 is 5.91 Å². The average molecular weight is 157 g/mol. The zero-order valence-electron chi connectivity index (χ0n) is 6.84. The van der Waals surface area contributed by atoms with Crippen LogP contribution in [0.4, 0.5) is 0 Å². The van der Waals surface area contributed by atoms with Crippen LogP contribution in [0, 0.1) is 11.8 Å². The molecule has 1 amide bonds. The molecule has 0 bridgehead atoms. The van der Waals surface area contributed by atoms with E-state index in [9.17, 15) is 4.79 Å². The number of hydroxylamine groups is 1. The smallest absolute Gasteiger partial charge is 0.246 e. The Morgan fingerprint density at radius 1 is 1.55 bits per heavy atom. The minimum Gasteiger partial charge on any atom is -0.289 e. The molecule has 2 atom stereocenters. The van der Waals surface area contributed by atoms with Gasteiger partial charge in [-0.1, -0.05) is 19.8 Å². The van der Waals surface area contributed by atoms with E-state index in [1.807, 2.05) is 0 Å². The van der Waals surface area contributed by atoms with Crippen LogP contribution in [0.5, 0.6) is 0 Å². The first kappa shape index (κ1) is 8.53. The number of hydrogen-bond acceptors (Lipinski definition) is 2. The van der Waals surface area contributed by atoms with Crippen molar-refractivity contribution in [2.45, 2.75) is 32.6 Å². The lowest BCUT2D eigenvalue weighted by atomic mass is 9.82. The summed E-state index contributed by atoms with van der Waals surface area (Å²) >= 11 is 0. The minimum absolute atomic E-state index is 0.0451. The molecule has 1 fully saturated rings. The number of hydrogen-bond donors (Lipinski definition) is 2. The SMILES string of the molecule is CC1CCCC(C(=O)NO)C1. The van der Waals surface area contributed by atoms with Gasteiger partial charge in [0.1, 0.15) is 0 Å². The number of carbonyl (C=O) groups excluding carboxylic acids is 1. The lowest BCUT2D eigenvalue weighted by molar-refractivity contribution is -0.134. The molecule has 0 aromatic heterocycles. The molecular formula is C8H15NO2. The van der Waals surface area contributed by atoms with Gasteiger partial charge in [-0.25, -0.2) is 5.48 Å². The highest BCUT2D eigenvalue weighted by Crippen LogP contribution is 2.28. The zero-order chi connectivity index (χ0) is 8.27. The fraction of sp³-hybridized carbons (Fsp3) is 0.875. The topological polar surface area (TPSA) is 49.3 Å². The number of carbonyl (C=O) groups is 1. The quantitative estimate of drug-likeness (QED) is 0.445. The third-order valence-corrected chi connectivity index (χ3v) is 2.42. The van der Waals surface area contributed by atoms with Gasteiger partial charge in [-0.2, -0.15) is 0 Å². The second kappa shape index (κ2) is 3.72. The minimum atomic E-state index is -0.212. The molecule has 1 aliphatic rings. The molecule has 11 heavy (non-hydrogen) atoms. The van der Waals surface area contributed by atoms with Crippen molar-refractivity contribution in [2.75, 3.05) is 0 Å². The third-order valence-electron chi connectivity index (χ3n) is 2.42. The van der Waals surface area contributed by atoms with E-state index in [2.05, 4.69) is 6.92 Å². The molecule has 0 aromatic rings. The summed E-state index contributed by atoms with van der Waals surface area (Å²) in [4.78, 5) is 11.0. The van der Waals surface area contributed by atoms with E-state index in [0.717, 1.165) is 19.3 Å². The van der Waals surface area contributed by atoms with Crippen molar-refractivity contribution < 1.29 is 10.0 Å². The van der Waals surface area contributed by atoms with Gasteiger partial charge in [0.05, 0.1) is 0 Å². The first-order valence-electron chi connectivity index (χ1n) is 4.18. The van der Waals surface area contributed by atoms with Crippen LogP contribution in [-0.2, 0) is 4.79 Å². The Hall–Kier alpha value is -0.570. The van der Waals surface area contributed by atoms with Gasteiger partial charge < -0.3 is 0 Å². The van der Waals surface area contributed by atoms with Crippen LogP contribution in [0.3, 0.4) is 0 Å². The summed E-state index contributed by atoms with van der Waals surface area (Å²) in [5, 5.41) is 8.37. The third kappa shape index (κ3) is 2.19. The highest BCUT2D eigenvalue weighted by molar-refractivity contribution is 5.77. The maximum Gasteiger partial charge on any atom is 0.246 e. The predicted octanol–water partition coefficient (Wildman–Crippen LogP) is 1.32. The van der Waals surface area contributed by atoms with Crippen LogP contribution in [-0.4, -0.2) is 11.1 Å². The van der Waals surface area contributed by atoms with Crippen molar-refractivity contribution in [1.82, 2.24) is 5.48 Å². The van der Waals surface area contributed by atoms with Crippen LogP contribution >= 0.6 is 0 Å². The molecule has 0 radical (unpaired) electrons. The first-order chi connectivity index (χ1) is 5.24. The number of amides is 1. The van der Waals surface area contributed by atoms with E-state index in [0.29, 0.717) is 5.92 Å². The van der Waals surface area contributed by atoms with Gasteiger partial charge in [0, 0.05) is 5.92 Å². The maximum absolute atomic E-state index is 11.0. The van der Waals surface area contributed by atoms with Crippen molar-refractivity contribution in [2.24, 2.45) is 11.8 Å². The predicted molar refractivity (Wildman–Crippen MR) is 41.1 cm³/mol. The molecule has 0 aromatic carbocycles. The van der Waals surface area contributed by atoms with Crippen LogP contribution in [0.15, 0.2) is 0 Å². The van der Waals surface area contributed by atoms with Gasteiger partial charge in [-0.3, -0.25) is 10.0 Å². The van der Waals surface area contributed by atoms with Crippen molar-refractivity contribution in [3.05, 3.63) is 0 Å². The fourth-order valence-electron chi connectivity index (χ4n) is 1.76. The zero-order valence-corrected chi connectivity index (χ0v) is 6.84. The van der Waals surface area contributed by atoms with E-state index in [1.54, 1.807) is 5.48 Å². The van der Waals surface area contributed by atoms with Gasteiger partial charge in [-0.15, -0.1) is 0 Å². The summed E-state index contributed by atoms with van der Waals surface area (Å²) in [5.41, 5.74) is 1.72. The van der Waals surface area contributed by atoms with Crippen LogP contribution in [0.25, 0.3) is 0 Å². The van der Waals surface area contributed by atoms with E-state index in [4.69, 9.17) is 5.21 Å². The van der Waals surface area contributed by atoms with E-state index in [-0.39, 0.29) is 11.8 Å². The molecule has 1 saturated carbocycles. The molecule has 2 unspecified atom stereocenters. The van der Waals surface area contributed by atoms with Gasteiger partial charge in [0.15, 0.2) is 0 Å². The Morgan fingerprint density at radius 3 is 2.82 bits per heavy atom. The Kier molecular flexibility index (Phi) is 2.88. The van der Waals surface area contributed by atoms with Crippen molar-refractivity contribution in [1.29, 1.82) is 0 Å². The van der Waals surface area contributed by atoms with E-state index >= 15 is 0 Å². The summed E-state index contributed by atoms with van der Waals surface area (Å²) < 4.78 is 0. The summed E-state index contributed by atoms with van der Waals surface area (Å²) in [5.74, 6) is 0.464. The first-order valence-corrected chi connectivity index (χ1v) is 4.18. The van der Waals surface area contributed by atoms with Crippen LogP contribution in [0.1, 0.15) is 32.6 Å². The molecule has 1 aliphatic carbocycles. The highest BCUT2D eigenvalue weighted by Gasteiger charge is 2.24. The lowest BCUT2D eigenvalue weighted by Gasteiger charge is -2.24. The van der Waals surface area contributed by atoms with Gasteiger partial charge in [0.25, 0.3) is 0 Å². The lowest BCUT2D eigenvalue weighted by Crippen LogP contribution is -2.31. The second-order valence-corrected chi connectivity index (χ2v) is 3.44. The summed E-state index contributed by atoms with van der Waals surface area (Å²) in [6, 6.07) is 0. The Labute approximate surface area is 66.7 Å². The van der Waals surface area contributed by atoms with Crippen molar-refractivity contribution in [3.63, 3.8) is 0 Å². The van der Waals surface area contributed by atoms with Crippen LogP contribution < -0.4 is 5.48 Å². The monoisotopic (exact) mass is 157 g/mol. The summed E-state index contributed by atoms with van der Waals surface area (Å²) in [6.45, 7) is 2.15. The molecule has 0 saturated heterocycles. The molecule has 0 spiro atoms. The Bertz CT molecular complexity index is 147. The van der Waals surface area contributed by atoms with Gasteiger partial charge in [0.2, 0.25) is 5.91 Å². The largest absolute Gasteiger partial charge is 0.289 e. The van der Waals surface area contributed by atoms with E-state index < -0.39 is 0 Å². The highest BCUT2D eigenvalue weighted by atomic mass is 16.5. The summed E-state index contributed by atoms with van der Waals surface area (Å²) in [6.07, 6.45) is 4.18. The normalized spacial score (nSPS) is 31.5. The molecular weight excluding hydrogens is 142 g/mol. The second-order valence-electron chi connectivity index (χ2n) is 3.44. The van der Waals surface area contributed by atoms with E-state index in [1.165, 1.54) is 6.42 Å². The maximum atomic E-state index is 11.0. The molecule has 3 heteroatoms.